The number of ether oxygens (including phenoxy) is 3. The zero-order valence-corrected chi connectivity index (χ0v) is 11.0. The molecule has 0 aromatic carbocycles. The number of hydrogen-bond acceptors (Lipinski definition) is 4. The molecule has 2 fully saturated rings. The molecule has 0 amide bonds. The van der Waals surface area contributed by atoms with E-state index in [1.54, 1.807) is 0 Å². The molecule has 0 radical (unpaired) electrons. The van der Waals surface area contributed by atoms with E-state index in [1.807, 2.05) is 13.8 Å². The van der Waals surface area contributed by atoms with E-state index in [9.17, 15) is 4.79 Å². The van der Waals surface area contributed by atoms with E-state index < -0.39 is 11.4 Å². The molecular weight excluding hydrogens is 220 g/mol. The Labute approximate surface area is 103 Å². The molecule has 2 saturated heterocycles. The van der Waals surface area contributed by atoms with Crippen LogP contribution in [0, 0.1) is 0 Å². The van der Waals surface area contributed by atoms with Gasteiger partial charge in [-0.1, -0.05) is 13.3 Å². The van der Waals surface area contributed by atoms with Crippen LogP contribution in [-0.4, -0.2) is 30.1 Å². The number of cyclic esters (lactones) is 1. The maximum absolute atomic E-state index is 11.4. The lowest BCUT2D eigenvalue weighted by atomic mass is 9.88. The minimum absolute atomic E-state index is 0.102. The van der Waals surface area contributed by atoms with Crippen LogP contribution in [0.4, 0.5) is 0 Å². The summed E-state index contributed by atoms with van der Waals surface area (Å²) in [6.07, 6.45) is 4.17. The van der Waals surface area contributed by atoms with Crippen LogP contribution in [0.2, 0.25) is 0 Å². The zero-order chi connectivity index (χ0) is 12.5. The van der Waals surface area contributed by atoms with Crippen LogP contribution < -0.4 is 0 Å². The van der Waals surface area contributed by atoms with Crippen LogP contribution in [0.1, 0.15) is 52.9 Å². The lowest BCUT2D eigenvalue weighted by Crippen LogP contribution is -2.44. The Morgan fingerprint density at radius 2 is 2.18 bits per heavy atom. The average molecular weight is 242 g/mol. The summed E-state index contributed by atoms with van der Waals surface area (Å²) in [6, 6.07) is 0. The van der Waals surface area contributed by atoms with E-state index >= 15 is 0 Å². The van der Waals surface area contributed by atoms with E-state index in [4.69, 9.17) is 14.2 Å². The summed E-state index contributed by atoms with van der Waals surface area (Å²) in [7, 11) is 0. The average Bonchev–Trinajstić information content (AvgIpc) is 2.80. The molecule has 0 aromatic rings. The van der Waals surface area contributed by atoms with Crippen LogP contribution in [0.15, 0.2) is 0 Å². The number of rotatable bonds is 4. The van der Waals surface area contributed by atoms with Crippen molar-refractivity contribution >= 4 is 5.97 Å². The molecule has 2 atom stereocenters. The summed E-state index contributed by atoms with van der Waals surface area (Å²) >= 11 is 0. The number of hydrogen-bond donors (Lipinski definition) is 0. The zero-order valence-electron chi connectivity index (χ0n) is 11.0. The van der Waals surface area contributed by atoms with Crippen LogP contribution >= 0.6 is 0 Å². The number of carbonyl (C=O) groups excluding carboxylic acids is 1. The molecule has 2 aliphatic heterocycles. The first kappa shape index (κ1) is 12.8. The molecule has 0 aliphatic carbocycles. The molecule has 0 N–H and O–H groups in total. The van der Waals surface area contributed by atoms with Crippen molar-refractivity contribution in [1.29, 1.82) is 0 Å². The fraction of sp³-hybridized carbons (Fsp3) is 0.923. The van der Waals surface area contributed by atoms with Gasteiger partial charge in [-0.15, -0.1) is 0 Å². The molecule has 98 valence electrons. The largest absolute Gasteiger partial charge is 0.456 e. The summed E-state index contributed by atoms with van der Waals surface area (Å²) in [6.45, 7) is 6.46. The highest BCUT2D eigenvalue weighted by molar-refractivity contribution is 5.72. The molecule has 0 aromatic heterocycles. The standard InChI is InChI=1S/C13H22O4/c1-4-5-7-13(8-6-11(14)17-13)10-9-15-12(2,3)16-10/h10H,4-9H2,1-3H3/t10-,13+/m0/s1. The van der Waals surface area contributed by atoms with Gasteiger partial charge in [0.05, 0.1) is 6.61 Å². The van der Waals surface area contributed by atoms with Gasteiger partial charge in [0, 0.05) is 12.8 Å². The molecule has 0 spiro atoms. The molecule has 17 heavy (non-hydrogen) atoms. The van der Waals surface area contributed by atoms with Crippen molar-refractivity contribution in [1.82, 2.24) is 0 Å². The fourth-order valence-electron chi connectivity index (χ4n) is 2.63. The Hall–Kier alpha value is -0.610. The quantitative estimate of drug-likeness (QED) is 0.710. The third-order valence-electron chi connectivity index (χ3n) is 3.62. The van der Waals surface area contributed by atoms with Crippen molar-refractivity contribution in [3.8, 4) is 0 Å². The van der Waals surface area contributed by atoms with Gasteiger partial charge in [-0.2, -0.15) is 0 Å². The van der Waals surface area contributed by atoms with E-state index in [0.717, 1.165) is 25.7 Å². The normalized spacial score (nSPS) is 36.2. The Balaban J connectivity index is 2.08. The summed E-state index contributed by atoms with van der Waals surface area (Å²) < 4.78 is 17.1. The lowest BCUT2D eigenvalue weighted by Gasteiger charge is -2.33. The predicted molar refractivity (Wildman–Crippen MR) is 62.5 cm³/mol. The maximum Gasteiger partial charge on any atom is 0.306 e. The van der Waals surface area contributed by atoms with Crippen LogP contribution in [0.3, 0.4) is 0 Å². The molecule has 2 aliphatic rings. The van der Waals surface area contributed by atoms with Gasteiger partial charge in [-0.05, 0) is 26.7 Å². The summed E-state index contributed by atoms with van der Waals surface area (Å²) in [5.74, 6) is -0.659. The Kier molecular flexibility index (Phi) is 3.46. The Morgan fingerprint density at radius 3 is 2.65 bits per heavy atom. The van der Waals surface area contributed by atoms with Gasteiger partial charge in [-0.25, -0.2) is 0 Å². The molecule has 0 saturated carbocycles. The number of esters is 1. The van der Waals surface area contributed by atoms with Gasteiger partial charge in [0.15, 0.2) is 5.79 Å². The van der Waals surface area contributed by atoms with Crippen LogP contribution in [0.5, 0.6) is 0 Å². The third kappa shape index (κ3) is 2.63. The number of unbranched alkanes of at least 4 members (excludes halogenated alkanes) is 1. The van der Waals surface area contributed by atoms with Crippen molar-refractivity contribution in [2.24, 2.45) is 0 Å². The molecule has 4 nitrogen and oxygen atoms in total. The molecule has 2 heterocycles. The fourth-order valence-corrected chi connectivity index (χ4v) is 2.63. The topological polar surface area (TPSA) is 44.8 Å². The molecule has 0 unspecified atom stereocenters. The van der Waals surface area contributed by atoms with Crippen LogP contribution in [-0.2, 0) is 19.0 Å². The second-order valence-corrected chi connectivity index (χ2v) is 5.46. The lowest BCUT2D eigenvalue weighted by molar-refractivity contribution is -0.183. The first-order valence-corrected chi connectivity index (χ1v) is 6.51. The van der Waals surface area contributed by atoms with Crippen molar-refractivity contribution in [3.05, 3.63) is 0 Å². The number of carbonyl (C=O) groups is 1. The van der Waals surface area contributed by atoms with Crippen LogP contribution in [0.25, 0.3) is 0 Å². The van der Waals surface area contributed by atoms with E-state index in [2.05, 4.69) is 6.92 Å². The Morgan fingerprint density at radius 1 is 1.41 bits per heavy atom. The molecule has 2 rings (SSSR count). The van der Waals surface area contributed by atoms with Gasteiger partial charge >= 0.3 is 5.97 Å². The second-order valence-electron chi connectivity index (χ2n) is 5.46. The van der Waals surface area contributed by atoms with Crippen molar-refractivity contribution in [3.63, 3.8) is 0 Å². The van der Waals surface area contributed by atoms with E-state index in [-0.39, 0.29) is 12.1 Å². The SMILES string of the molecule is CCCC[C@]1([C@@H]2COC(C)(C)O2)CCC(=O)O1. The van der Waals surface area contributed by atoms with Gasteiger partial charge in [0.1, 0.15) is 11.7 Å². The van der Waals surface area contributed by atoms with Gasteiger partial charge < -0.3 is 14.2 Å². The Bertz CT molecular complexity index is 300. The summed E-state index contributed by atoms with van der Waals surface area (Å²) in [5.41, 5.74) is -0.444. The third-order valence-corrected chi connectivity index (χ3v) is 3.62. The monoisotopic (exact) mass is 242 g/mol. The molecule has 0 bridgehead atoms. The van der Waals surface area contributed by atoms with Crippen molar-refractivity contribution in [2.75, 3.05) is 6.61 Å². The highest BCUT2D eigenvalue weighted by atomic mass is 16.8. The second kappa shape index (κ2) is 4.58. The van der Waals surface area contributed by atoms with Gasteiger partial charge in [-0.3, -0.25) is 4.79 Å². The first-order chi connectivity index (χ1) is 7.97. The first-order valence-electron chi connectivity index (χ1n) is 6.51. The highest BCUT2D eigenvalue weighted by Crippen LogP contribution is 2.41. The minimum Gasteiger partial charge on any atom is -0.456 e. The molecular formula is C13H22O4. The maximum atomic E-state index is 11.4. The smallest absolute Gasteiger partial charge is 0.306 e. The highest BCUT2D eigenvalue weighted by Gasteiger charge is 2.52. The van der Waals surface area contributed by atoms with E-state index in [1.165, 1.54) is 0 Å². The molecule has 4 heteroatoms. The van der Waals surface area contributed by atoms with Gasteiger partial charge in [0.25, 0.3) is 0 Å². The van der Waals surface area contributed by atoms with Crippen molar-refractivity contribution in [2.45, 2.75) is 70.4 Å². The van der Waals surface area contributed by atoms with Gasteiger partial charge in [0.2, 0.25) is 0 Å². The van der Waals surface area contributed by atoms with E-state index in [0.29, 0.717) is 13.0 Å². The minimum atomic E-state index is -0.557. The predicted octanol–water partition coefficient (Wildman–Crippen LogP) is 2.40. The summed E-state index contributed by atoms with van der Waals surface area (Å²) in [4.78, 5) is 11.4. The van der Waals surface area contributed by atoms with Crippen molar-refractivity contribution < 1.29 is 19.0 Å². The summed E-state index contributed by atoms with van der Waals surface area (Å²) in [5, 5.41) is 0.